The van der Waals surface area contributed by atoms with Crippen molar-refractivity contribution in [3.05, 3.63) is 0 Å². The highest BCUT2D eigenvalue weighted by molar-refractivity contribution is 5.85. The van der Waals surface area contributed by atoms with Gasteiger partial charge in [-0.15, -0.1) is 0 Å². The Balaban J connectivity index is 2.41. The molecule has 0 saturated heterocycles. The smallest absolute Gasteiger partial charge is 0.306 e. The fraction of sp³-hybridized carbons (Fsp3) is 0.818. The van der Waals surface area contributed by atoms with Gasteiger partial charge in [0.15, 0.2) is 0 Å². The van der Waals surface area contributed by atoms with Gasteiger partial charge in [0.05, 0.1) is 13.0 Å². The molecule has 14 heavy (non-hydrogen) atoms. The van der Waals surface area contributed by atoms with E-state index in [0.717, 1.165) is 12.8 Å². The molecular weight excluding hydrogens is 180 g/mol. The third-order valence-corrected chi connectivity index (χ3v) is 2.74. The molecule has 1 aliphatic rings. The number of hydrogen-bond acceptors (Lipinski definition) is 3. The van der Waals surface area contributed by atoms with E-state index in [2.05, 4.69) is 6.92 Å². The van der Waals surface area contributed by atoms with Gasteiger partial charge in [0.2, 0.25) is 0 Å². The van der Waals surface area contributed by atoms with Crippen LogP contribution in [0.5, 0.6) is 0 Å². The van der Waals surface area contributed by atoms with Crippen LogP contribution < -0.4 is 0 Å². The first-order valence-electron chi connectivity index (χ1n) is 5.31. The maximum Gasteiger partial charge on any atom is 0.306 e. The van der Waals surface area contributed by atoms with Crippen molar-refractivity contribution in [2.75, 3.05) is 6.61 Å². The van der Waals surface area contributed by atoms with Gasteiger partial charge in [0, 0.05) is 12.3 Å². The summed E-state index contributed by atoms with van der Waals surface area (Å²) < 4.78 is 4.84. The minimum atomic E-state index is -0.236. The number of Topliss-reactive ketones (excluding diaryl/α,β-unsaturated/α-hetero) is 1. The van der Waals surface area contributed by atoms with E-state index in [1.165, 1.54) is 0 Å². The van der Waals surface area contributed by atoms with Crippen LogP contribution in [0.4, 0.5) is 0 Å². The molecule has 0 bridgehead atoms. The molecule has 2 unspecified atom stereocenters. The SMILES string of the molecule is CCOC(=O)CC1CC(C)CCC1=O. The zero-order valence-electron chi connectivity index (χ0n) is 8.91. The molecule has 0 aromatic heterocycles. The van der Waals surface area contributed by atoms with Crippen molar-refractivity contribution >= 4 is 11.8 Å². The standard InChI is InChI=1S/C11H18O3/c1-3-14-11(13)7-9-6-8(2)4-5-10(9)12/h8-9H,3-7H2,1-2H3. The van der Waals surface area contributed by atoms with Crippen molar-refractivity contribution in [3.8, 4) is 0 Å². The summed E-state index contributed by atoms with van der Waals surface area (Å²) >= 11 is 0. The first-order chi connectivity index (χ1) is 6.63. The summed E-state index contributed by atoms with van der Waals surface area (Å²) in [5.41, 5.74) is 0. The Hall–Kier alpha value is -0.860. The van der Waals surface area contributed by atoms with Crippen LogP contribution in [0.3, 0.4) is 0 Å². The molecule has 0 heterocycles. The maximum atomic E-state index is 11.5. The van der Waals surface area contributed by atoms with Crippen LogP contribution in [0.2, 0.25) is 0 Å². The van der Waals surface area contributed by atoms with Gasteiger partial charge in [0.25, 0.3) is 0 Å². The van der Waals surface area contributed by atoms with Crippen molar-refractivity contribution in [2.24, 2.45) is 11.8 Å². The van der Waals surface area contributed by atoms with Gasteiger partial charge < -0.3 is 4.74 Å². The molecule has 2 atom stereocenters. The van der Waals surface area contributed by atoms with Gasteiger partial charge >= 0.3 is 5.97 Å². The summed E-state index contributed by atoms with van der Waals surface area (Å²) in [6, 6.07) is 0. The first kappa shape index (κ1) is 11.2. The summed E-state index contributed by atoms with van der Waals surface area (Å²) in [7, 11) is 0. The topological polar surface area (TPSA) is 43.4 Å². The highest BCUT2D eigenvalue weighted by atomic mass is 16.5. The predicted octanol–water partition coefficient (Wildman–Crippen LogP) is 1.94. The quantitative estimate of drug-likeness (QED) is 0.651. The lowest BCUT2D eigenvalue weighted by atomic mass is 9.80. The van der Waals surface area contributed by atoms with Gasteiger partial charge in [0.1, 0.15) is 5.78 Å². The van der Waals surface area contributed by atoms with E-state index in [9.17, 15) is 9.59 Å². The summed E-state index contributed by atoms with van der Waals surface area (Å²) in [6.07, 6.45) is 2.72. The Bertz CT molecular complexity index is 223. The number of carbonyl (C=O) groups is 2. The van der Waals surface area contributed by atoms with E-state index in [-0.39, 0.29) is 24.1 Å². The first-order valence-corrected chi connectivity index (χ1v) is 5.31. The zero-order valence-corrected chi connectivity index (χ0v) is 8.91. The number of ether oxygens (including phenoxy) is 1. The predicted molar refractivity (Wildman–Crippen MR) is 52.8 cm³/mol. The second-order valence-corrected chi connectivity index (χ2v) is 4.05. The van der Waals surface area contributed by atoms with E-state index in [0.29, 0.717) is 18.9 Å². The van der Waals surface area contributed by atoms with Crippen LogP contribution in [0, 0.1) is 11.8 Å². The summed E-state index contributed by atoms with van der Waals surface area (Å²) in [5, 5.41) is 0. The molecule has 1 rings (SSSR count). The van der Waals surface area contributed by atoms with Crippen LogP contribution in [-0.4, -0.2) is 18.4 Å². The third-order valence-electron chi connectivity index (χ3n) is 2.74. The third kappa shape index (κ3) is 3.13. The molecule has 3 nitrogen and oxygen atoms in total. The monoisotopic (exact) mass is 198 g/mol. The van der Waals surface area contributed by atoms with Gasteiger partial charge in [-0.2, -0.15) is 0 Å². The lowest BCUT2D eigenvalue weighted by molar-refractivity contribution is -0.146. The molecule has 3 heteroatoms. The maximum absolute atomic E-state index is 11.5. The summed E-state index contributed by atoms with van der Waals surface area (Å²) in [6.45, 7) is 4.31. The van der Waals surface area contributed by atoms with Gasteiger partial charge in [-0.25, -0.2) is 0 Å². The summed E-state index contributed by atoms with van der Waals surface area (Å²) in [4.78, 5) is 22.7. The van der Waals surface area contributed by atoms with Crippen molar-refractivity contribution in [3.63, 3.8) is 0 Å². The van der Waals surface area contributed by atoms with Gasteiger partial charge in [-0.1, -0.05) is 6.92 Å². The number of carbonyl (C=O) groups excluding carboxylic acids is 2. The number of esters is 1. The van der Waals surface area contributed by atoms with Crippen LogP contribution >= 0.6 is 0 Å². The fourth-order valence-corrected chi connectivity index (χ4v) is 1.95. The molecule has 0 spiro atoms. The van der Waals surface area contributed by atoms with E-state index >= 15 is 0 Å². The van der Waals surface area contributed by atoms with Gasteiger partial charge in [-0.05, 0) is 25.7 Å². The number of rotatable bonds is 3. The average Bonchev–Trinajstić information content (AvgIpc) is 2.12. The fourth-order valence-electron chi connectivity index (χ4n) is 1.95. The second-order valence-electron chi connectivity index (χ2n) is 4.05. The van der Waals surface area contributed by atoms with Crippen LogP contribution in [-0.2, 0) is 14.3 Å². The minimum absolute atomic E-state index is 0.0854. The molecule has 80 valence electrons. The highest BCUT2D eigenvalue weighted by Gasteiger charge is 2.28. The Morgan fingerprint density at radius 1 is 1.57 bits per heavy atom. The van der Waals surface area contributed by atoms with Crippen molar-refractivity contribution in [1.29, 1.82) is 0 Å². The molecule has 0 aliphatic heterocycles. The number of ketones is 1. The lowest BCUT2D eigenvalue weighted by Gasteiger charge is -2.24. The van der Waals surface area contributed by atoms with E-state index in [1.54, 1.807) is 6.92 Å². The molecule has 0 aromatic carbocycles. The van der Waals surface area contributed by atoms with E-state index in [4.69, 9.17) is 4.74 Å². The van der Waals surface area contributed by atoms with Crippen molar-refractivity contribution in [1.82, 2.24) is 0 Å². The molecule has 1 saturated carbocycles. The van der Waals surface area contributed by atoms with Crippen LogP contribution in [0.1, 0.15) is 39.5 Å². The van der Waals surface area contributed by atoms with Crippen molar-refractivity contribution in [2.45, 2.75) is 39.5 Å². The average molecular weight is 198 g/mol. The lowest BCUT2D eigenvalue weighted by Crippen LogP contribution is -2.26. The molecule has 0 amide bonds. The Labute approximate surface area is 84.8 Å². The highest BCUT2D eigenvalue weighted by Crippen LogP contribution is 2.28. The second kappa shape index (κ2) is 5.13. The van der Waals surface area contributed by atoms with E-state index in [1.807, 2.05) is 0 Å². The normalized spacial score (nSPS) is 27.4. The molecule has 0 aromatic rings. The molecular formula is C11H18O3. The largest absolute Gasteiger partial charge is 0.466 e. The Kier molecular flexibility index (Phi) is 4.11. The molecule has 0 radical (unpaired) electrons. The Morgan fingerprint density at radius 2 is 2.29 bits per heavy atom. The van der Waals surface area contributed by atoms with E-state index < -0.39 is 0 Å². The van der Waals surface area contributed by atoms with Crippen molar-refractivity contribution < 1.29 is 14.3 Å². The zero-order chi connectivity index (χ0) is 10.6. The van der Waals surface area contributed by atoms with Crippen LogP contribution in [0.25, 0.3) is 0 Å². The van der Waals surface area contributed by atoms with Crippen LogP contribution in [0.15, 0.2) is 0 Å². The summed E-state index contributed by atoms with van der Waals surface area (Å²) in [5.74, 6) is 0.473. The van der Waals surface area contributed by atoms with Gasteiger partial charge in [-0.3, -0.25) is 9.59 Å². The molecule has 1 aliphatic carbocycles. The number of hydrogen-bond donors (Lipinski definition) is 0. The minimum Gasteiger partial charge on any atom is -0.466 e. The molecule has 1 fully saturated rings. The Morgan fingerprint density at radius 3 is 2.93 bits per heavy atom. The molecule has 0 N–H and O–H groups in total.